The van der Waals surface area contributed by atoms with E-state index in [0.717, 1.165) is 17.5 Å². The predicted molar refractivity (Wildman–Crippen MR) is 68.5 cm³/mol. The Hall–Kier alpha value is -2.10. The van der Waals surface area contributed by atoms with E-state index in [1.54, 1.807) is 13.0 Å². The molecule has 0 unspecified atom stereocenters. The van der Waals surface area contributed by atoms with Crippen LogP contribution < -0.4 is 0 Å². The molecule has 4 heteroatoms. The molecule has 0 aliphatic rings. The molecular weight excluding hydrogens is 214 g/mol. The molecule has 0 spiro atoms. The number of rotatable bonds is 3. The number of fused-ring (bicyclic) bond motifs is 1. The van der Waals surface area contributed by atoms with E-state index in [9.17, 15) is 5.11 Å². The van der Waals surface area contributed by atoms with E-state index < -0.39 is 0 Å². The summed E-state index contributed by atoms with van der Waals surface area (Å²) in [4.78, 5) is 1.48. The van der Waals surface area contributed by atoms with Gasteiger partial charge >= 0.3 is 0 Å². The summed E-state index contributed by atoms with van der Waals surface area (Å²) < 4.78 is 0. The largest absolute Gasteiger partial charge is 0.506 e. The SMILES string of the molecule is C/C=C(O)\C(=C/CC)n1nc2ccccc2n1. The Balaban J connectivity index is 2.53. The molecule has 0 atom stereocenters. The third-order valence-electron chi connectivity index (χ3n) is 2.44. The van der Waals surface area contributed by atoms with Gasteiger partial charge in [-0.2, -0.15) is 0 Å². The first kappa shape index (κ1) is 11.4. The van der Waals surface area contributed by atoms with Crippen LogP contribution in [0.25, 0.3) is 16.7 Å². The Morgan fingerprint density at radius 1 is 1.29 bits per heavy atom. The molecule has 0 bridgehead atoms. The second kappa shape index (κ2) is 4.82. The van der Waals surface area contributed by atoms with Gasteiger partial charge in [-0.05, 0) is 31.6 Å². The van der Waals surface area contributed by atoms with Gasteiger partial charge in [0.1, 0.15) is 22.5 Å². The fraction of sp³-hybridized carbons (Fsp3) is 0.231. The molecule has 17 heavy (non-hydrogen) atoms. The third kappa shape index (κ3) is 2.20. The van der Waals surface area contributed by atoms with Crippen LogP contribution >= 0.6 is 0 Å². The molecule has 0 aliphatic heterocycles. The zero-order valence-corrected chi connectivity index (χ0v) is 9.96. The van der Waals surface area contributed by atoms with Crippen molar-refractivity contribution in [1.82, 2.24) is 15.0 Å². The maximum absolute atomic E-state index is 9.82. The first-order chi connectivity index (χ1) is 8.26. The van der Waals surface area contributed by atoms with Gasteiger partial charge in [-0.1, -0.05) is 25.1 Å². The minimum atomic E-state index is 0.187. The fourth-order valence-electron chi connectivity index (χ4n) is 1.60. The molecule has 1 aromatic carbocycles. The fourth-order valence-corrected chi connectivity index (χ4v) is 1.60. The van der Waals surface area contributed by atoms with E-state index in [1.165, 1.54) is 4.80 Å². The Morgan fingerprint density at radius 2 is 1.88 bits per heavy atom. The van der Waals surface area contributed by atoms with Crippen LogP contribution in [0.2, 0.25) is 0 Å². The van der Waals surface area contributed by atoms with Crippen LogP contribution in [0.5, 0.6) is 0 Å². The summed E-state index contributed by atoms with van der Waals surface area (Å²) in [6, 6.07) is 7.63. The maximum Gasteiger partial charge on any atom is 0.138 e. The first-order valence-corrected chi connectivity index (χ1v) is 5.64. The zero-order valence-electron chi connectivity index (χ0n) is 9.96. The van der Waals surface area contributed by atoms with Crippen molar-refractivity contribution in [1.29, 1.82) is 0 Å². The number of hydrogen-bond acceptors (Lipinski definition) is 3. The molecule has 2 rings (SSSR count). The number of aliphatic hydroxyl groups excluding tert-OH is 1. The standard InChI is InChI=1S/C13H15N3O/c1-3-7-12(13(17)4-2)16-14-10-8-5-6-9-11(10)15-16/h4-9,17H,3H2,1-2H3/b12-7+,13-4+. The van der Waals surface area contributed by atoms with Gasteiger partial charge in [0.05, 0.1) is 0 Å². The highest BCUT2D eigenvalue weighted by atomic mass is 16.3. The Morgan fingerprint density at radius 3 is 2.35 bits per heavy atom. The van der Waals surface area contributed by atoms with E-state index in [1.807, 2.05) is 37.3 Å². The van der Waals surface area contributed by atoms with Crippen LogP contribution in [0.4, 0.5) is 0 Å². The molecule has 0 saturated carbocycles. The Kier molecular flexibility index (Phi) is 3.23. The topological polar surface area (TPSA) is 50.9 Å². The van der Waals surface area contributed by atoms with E-state index >= 15 is 0 Å². The first-order valence-electron chi connectivity index (χ1n) is 5.64. The summed E-state index contributed by atoms with van der Waals surface area (Å²) in [7, 11) is 0. The maximum atomic E-state index is 9.82. The molecule has 88 valence electrons. The Bertz CT molecular complexity index is 548. The van der Waals surface area contributed by atoms with Gasteiger partial charge < -0.3 is 5.11 Å². The summed E-state index contributed by atoms with van der Waals surface area (Å²) in [6.07, 6.45) is 4.34. The lowest BCUT2D eigenvalue weighted by Gasteiger charge is -2.03. The van der Waals surface area contributed by atoms with Crippen LogP contribution in [-0.2, 0) is 0 Å². The average Bonchev–Trinajstić information content (AvgIpc) is 2.78. The van der Waals surface area contributed by atoms with Crippen molar-refractivity contribution in [2.24, 2.45) is 0 Å². The van der Waals surface area contributed by atoms with E-state index in [0.29, 0.717) is 5.70 Å². The molecule has 1 heterocycles. The highest BCUT2D eigenvalue weighted by Gasteiger charge is 2.09. The molecule has 2 aromatic rings. The molecule has 1 aromatic heterocycles. The minimum absolute atomic E-state index is 0.187. The van der Waals surface area contributed by atoms with E-state index in [2.05, 4.69) is 10.2 Å². The predicted octanol–water partition coefficient (Wildman–Crippen LogP) is 3.14. The minimum Gasteiger partial charge on any atom is -0.506 e. The lowest BCUT2D eigenvalue weighted by Crippen LogP contribution is -2.03. The third-order valence-corrected chi connectivity index (χ3v) is 2.44. The van der Waals surface area contributed by atoms with Gasteiger partial charge in [-0.25, -0.2) is 0 Å². The van der Waals surface area contributed by atoms with Crippen molar-refractivity contribution in [3.05, 3.63) is 42.2 Å². The molecule has 0 radical (unpaired) electrons. The van der Waals surface area contributed by atoms with Gasteiger partial charge in [0, 0.05) is 0 Å². The lowest BCUT2D eigenvalue weighted by atomic mass is 10.3. The van der Waals surface area contributed by atoms with Crippen molar-refractivity contribution >= 4 is 16.7 Å². The molecule has 0 saturated heterocycles. The number of allylic oxidation sites excluding steroid dienone is 3. The lowest BCUT2D eigenvalue weighted by molar-refractivity contribution is 0.427. The molecule has 0 fully saturated rings. The van der Waals surface area contributed by atoms with Crippen molar-refractivity contribution in [3.8, 4) is 0 Å². The van der Waals surface area contributed by atoms with Gasteiger partial charge in [0.2, 0.25) is 0 Å². The molecule has 0 amide bonds. The van der Waals surface area contributed by atoms with Crippen molar-refractivity contribution in [2.75, 3.05) is 0 Å². The summed E-state index contributed by atoms with van der Waals surface area (Å²) in [5.41, 5.74) is 2.25. The number of nitrogens with zero attached hydrogens (tertiary/aromatic N) is 3. The van der Waals surface area contributed by atoms with Crippen LogP contribution in [-0.4, -0.2) is 20.1 Å². The number of aliphatic hydroxyl groups is 1. The van der Waals surface area contributed by atoms with Crippen LogP contribution in [0.1, 0.15) is 20.3 Å². The van der Waals surface area contributed by atoms with Crippen LogP contribution in [0.15, 0.2) is 42.2 Å². The summed E-state index contributed by atoms with van der Waals surface area (Å²) in [6.45, 7) is 3.79. The van der Waals surface area contributed by atoms with Crippen molar-refractivity contribution in [2.45, 2.75) is 20.3 Å². The summed E-state index contributed by atoms with van der Waals surface area (Å²) in [5, 5.41) is 18.5. The van der Waals surface area contributed by atoms with E-state index in [4.69, 9.17) is 0 Å². The average molecular weight is 229 g/mol. The zero-order chi connectivity index (χ0) is 12.3. The Labute approximate surface area is 99.9 Å². The normalized spacial score (nSPS) is 13.3. The highest BCUT2D eigenvalue weighted by Crippen LogP contribution is 2.16. The van der Waals surface area contributed by atoms with Gasteiger partial charge in [0.15, 0.2) is 0 Å². The molecular formula is C13H15N3O. The van der Waals surface area contributed by atoms with Gasteiger partial charge in [-0.3, -0.25) is 0 Å². The highest BCUT2D eigenvalue weighted by molar-refractivity contribution is 5.74. The molecule has 0 aliphatic carbocycles. The van der Waals surface area contributed by atoms with E-state index in [-0.39, 0.29) is 5.76 Å². The number of benzene rings is 1. The smallest absolute Gasteiger partial charge is 0.138 e. The van der Waals surface area contributed by atoms with Crippen LogP contribution in [0.3, 0.4) is 0 Å². The van der Waals surface area contributed by atoms with Crippen LogP contribution in [0, 0.1) is 0 Å². The summed E-state index contributed by atoms with van der Waals surface area (Å²) in [5.74, 6) is 0.187. The second-order valence-electron chi connectivity index (χ2n) is 3.65. The van der Waals surface area contributed by atoms with Crippen molar-refractivity contribution < 1.29 is 5.11 Å². The molecule has 4 nitrogen and oxygen atoms in total. The number of aromatic nitrogens is 3. The summed E-state index contributed by atoms with van der Waals surface area (Å²) >= 11 is 0. The quantitative estimate of drug-likeness (QED) is 0.649. The molecule has 1 N–H and O–H groups in total. The van der Waals surface area contributed by atoms with Crippen molar-refractivity contribution in [3.63, 3.8) is 0 Å². The van der Waals surface area contributed by atoms with Gasteiger partial charge in [-0.15, -0.1) is 15.0 Å². The van der Waals surface area contributed by atoms with Gasteiger partial charge in [0.25, 0.3) is 0 Å². The monoisotopic (exact) mass is 229 g/mol. The number of hydrogen-bond donors (Lipinski definition) is 1. The second-order valence-corrected chi connectivity index (χ2v) is 3.65.